The van der Waals surface area contributed by atoms with E-state index in [1.165, 1.54) is 6.92 Å². The van der Waals surface area contributed by atoms with Crippen LogP contribution in [0.5, 0.6) is 0 Å². The summed E-state index contributed by atoms with van der Waals surface area (Å²) in [5, 5.41) is 21.8. The van der Waals surface area contributed by atoms with Crippen LogP contribution in [0.4, 0.5) is 0 Å². The van der Waals surface area contributed by atoms with Gasteiger partial charge in [0.2, 0.25) is 0 Å². The first-order valence-corrected chi connectivity index (χ1v) is 9.79. The summed E-state index contributed by atoms with van der Waals surface area (Å²) in [5.74, 6) is -3.68. The smallest absolute Gasteiger partial charge is 0.336 e. The number of ether oxygens (including phenoxy) is 3. The van der Waals surface area contributed by atoms with Crippen molar-refractivity contribution in [2.45, 2.75) is 75.7 Å². The van der Waals surface area contributed by atoms with Gasteiger partial charge in [0.25, 0.3) is 5.79 Å². The monoisotopic (exact) mass is 390 g/mol. The van der Waals surface area contributed by atoms with Gasteiger partial charge in [0, 0.05) is 28.9 Å². The molecule has 0 bridgehead atoms. The van der Waals surface area contributed by atoms with Crippen molar-refractivity contribution in [3.05, 3.63) is 11.1 Å². The maximum Gasteiger partial charge on any atom is 0.336 e. The van der Waals surface area contributed by atoms with Gasteiger partial charge >= 0.3 is 11.9 Å². The Hall–Kier alpha value is -1.77. The molecule has 8 atom stereocenters. The Morgan fingerprint density at radius 2 is 1.86 bits per heavy atom. The molecule has 3 heterocycles. The van der Waals surface area contributed by atoms with Crippen LogP contribution in [-0.2, 0) is 28.6 Å². The molecule has 3 saturated carbocycles. The van der Waals surface area contributed by atoms with Crippen LogP contribution in [-0.4, -0.2) is 57.1 Å². The average molecular weight is 390 g/mol. The highest BCUT2D eigenvalue weighted by Gasteiger charge is 2.91. The highest BCUT2D eigenvalue weighted by atomic mass is 16.8. The highest BCUT2D eigenvalue weighted by molar-refractivity contribution is 6.05. The minimum absolute atomic E-state index is 0.0695. The molecule has 2 spiro atoms. The number of rotatable bonds is 1. The fourth-order valence-corrected chi connectivity index (χ4v) is 7.21. The van der Waals surface area contributed by atoms with Gasteiger partial charge in [0.05, 0.1) is 5.60 Å². The quantitative estimate of drug-likeness (QED) is 0.381. The summed E-state index contributed by atoms with van der Waals surface area (Å²) < 4.78 is 17.8. The standard InChI is InChI=1S/C20H22O8/c1-8-10-12-18(26-12)6-7-19(25)16(2,5-4-9(21)17(19,3)15(23)24)11(18)13-20(10,27-13)28-14(8)22/h11-13,25H,4-7H2,1-3H3,(H,23,24)/t11-,12+,13-,16-,17-,18-,19+,20-/m0/s1. The Bertz CT molecular complexity index is 938. The Balaban J connectivity index is 1.52. The maximum atomic E-state index is 12.7. The van der Waals surface area contributed by atoms with Crippen LogP contribution in [0.15, 0.2) is 11.1 Å². The zero-order chi connectivity index (χ0) is 20.1. The fourth-order valence-electron chi connectivity index (χ4n) is 7.21. The van der Waals surface area contributed by atoms with E-state index < -0.39 is 51.6 Å². The number of carbonyl (C=O) groups is 3. The van der Waals surface area contributed by atoms with Crippen LogP contribution in [0.1, 0.15) is 46.5 Å². The largest absolute Gasteiger partial charge is 0.480 e. The van der Waals surface area contributed by atoms with E-state index in [9.17, 15) is 24.6 Å². The number of ketones is 1. The predicted molar refractivity (Wildman–Crippen MR) is 89.8 cm³/mol. The zero-order valence-corrected chi connectivity index (χ0v) is 15.9. The number of aliphatic hydroxyl groups is 1. The van der Waals surface area contributed by atoms with Crippen molar-refractivity contribution >= 4 is 17.7 Å². The van der Waals surface area contributed by atoms with E-state index in [-0.39, 0.29) is 24.9 Å². The fraction of sp³-hybridized carbons (Fsp3) is 0.750. The third-order valence-electron chi connectivity index (χ3n) is 8.96. The summed E-state index contributed by atoms with van der Waals surface area (Å²) in [7, 11) is 0. The number of esters is 1. The second-order valence-electron chi connectivity index (χ2n) is 9.70. The van der Waals surface area contributed by atoms with E-state index in [0.717, 1.165) is 5.57 Å². The van der Waals surface area contributed by atoms with Crippen molar-refractivity contribution in [3.63, 3.8) is 0 Å². The van der Waals surface area contributed by atoms with Crippen LogP contribution >= 0.6 is 0 Å². The summed E-state index contributed by atoms with van der Waals surface area (Å²) in [4.78, 5) is 37.1. The molecule has 0 radical (unpaired) electrons. The molecule has 0 amide bonds. The van der Waals surface area contributed by atoms with Crippen molar-refractivity contribution < 1.29 is 38.8 Å². The van der Waals surface area contributed by atoms with E-state index >= 15 is 0 Å². The van der Waals surface area contributed by atoms with E-state index in [1.54, 1.807) is 6.92 Å². The van der Waals surface area contributed by atoms with Gasteiger partial charge in [-0.25, -0.2) is 4.79 Å². The lowest BCUT2D eigenvalue weighted by Gasteiger charge is -2.62. The first-order chi connectivity index (χ1) is 13.0. The van der Waals surface area contributed by atoms with Crippen molar-refractivity contribution in [2.75, 3.05) is 0 Å². The number of carbonyl (C=O) groups excluding carboxylic acids is 2. The number of aliphatic carboxylic acids is 1. The highest BCUT2D eigenvalue weighted by Crippen LogP contribution is 2.78. The minimum atomic E-state index is -1.90. The van der Waals surface area contributed by atoms with Gasteiger partial charge in [-0.3, -0.25) is 9.59 Å². The number of epoxide rings is 2. The van der Waals surface area contributed by atoms with Crippen molar-refractivity contribution in [1.29, 1.82) is 0 Å². The SMILES string of the molecule is CC1=C2[C@H]3O[C@]34CC[C@]3(O)[C@](C)(C(=O)O)C(=O)CC[C@@]3(C)[C@@H]4[C@@H]3O[C@]23OC1=O. The van der Waals surface area contributed by atoms with Crippen molar-refractivity contribution in [2.24, 2.45) is 16.7 Å². The Kier molecular flexibility index (Phi) is 2.58. The van der Waals surface area contributed by atoms with E-state index in [0.29, 0.717) is 18.4 Å². The third-order valence-corrected chi connectivity index (χ3v) is 8.96. The van der Waals surface area contributed by atoms with Crippen LogP contribution in [0.25, 0.3) is 0 Å². The summed E-state index contributed by atoms with van der Waals surface area (Å²) in [6, 6.07) is 0. The van der Waals surface area contributed by atoms with Crippen LogP contribution in [0.2, 0.25) is 0 Å². The van der Waals surface area contributed by atoms with E-state index in [1.807, 2.05) is 6.92 Å². The van der Waals surface area contributed by atoms with Gasteiger partial charge < -0.3 is 24.4 Å². The summed E-state index contributed by atoms with van der Waals surface area (Å²) in [6.07, 6.45) is 0.149. The van der Waals surface area contributed by atoms with E-state index in [2.05, 4.69) is 0 Å². The molecule has 150 valence electrons. The molecule has 6 rings (SSSR count). The second kappa shape index (κ2) is 4.22. The summed E-state index contributed by atoms with van der Waals surface area (Å²) in [5.41, 5.74) is -3.89. The van der Waals surface area contributed by atoms with Crippen LogP contribution in [0, 0.1) is 16.7 Å². The number of hydrogen-bond acceptors (Lipinski definition) is 7. The van der Waals surface area contributed by atoms with Gasteiger partial charge in [-0.05, 0) is 33.1 Å². The van der Waals surface area contributed by atoms with Gasteiger partial charge in [0.15, 0.2) is 11.2 Å². The molecule has 3 aliphatic heterocycles. The number of carboxylic acids is 1. The number of fused-ring (bicyclic) bond motifs is 4. The molecule has 0 aromatic heterocycles. The number of Topliss-reactive ketones (excluding diaryl/α,β-unsaturated/α-hetero) is 1. The lowest BCUT2D eigenvalue weighted by atomic mass is 9.41. The minimum Gasteiger partial charge on any atom is -0.480 e. The molecule has 28 heavy (non-hydrogen) atoms. The lowest BCUT2D eigenvalue weighted by molar-refractivity contribution is -0.241. The topological polar surface area (TPSA) is 126 Å². The van der Waals surface area contributed by atoms with Gasteiger partial charge in [-0.2, -0.15) is 0 Å². The van der Waals surface area contributed by atoms with Crippen LogP contribution < -0.4 is 0 Å². The van der Waals surface area contributed by atoms with Gasteiger partial charge in [-0.15, -0.1) is 0 Å². The molecule has 5 fully saturated rings. The summed E-state index contributed by atoms with van der Waals surface area (Å²) in [6.45, 7) is 4.90. The van der Waals surface area contributed by atoms with Crippen molar-refractivity contribution in [1.82, 2.24) is 0 Å². The average Bonchev–Trinajstić information content (AvgIpc) is 3.50. The number of hydrogen-bond donors (Lipinski definition) is 2. The normalized spacial score (nSPS) is 58.1. The molecule has 2 N–H and O–H groups in total. The molecule has 0 aromatic carbocycles. The lowest BCUT2D eigenvalue weighted by Crippen LogP contribution is -2.73. The molecular formula is C20H22O8. The Morgan fingerprint density at radius 3 is 2.54 bits per heavy atom. The predicted octanol–water partition coefficient (Wildman–Crippen LogP) is 0.707. The Morgan fingerprint density at radius 1 is 1.14 bits per heavy atom. The Labute approximate surface area is 160 Å². The van der Waals surface area contributed by atoms with Gasteiger partial charge in [0.1, 0.15) is 17.8 Å². The molecule has 0 aromatic rings. The molecule has 8 heteroatoms. The first kappa shape index (κ1) is 17.1. The molecule has 3 aliphatic carbocycles. The van der Waals surface area contributed by atoms with E-state index in [4.69, 9.17) is 14.2 Å². The molecule has 0 unspecified atom stereocenters. The van der Waals surface area contributed by atoms with Crippen molar-refractivity contribution in [3.8, 4) is 0 Å². The number of carboxylic acid groups (broad SMARTS) is 1. The van der Waals surface area contributed by atoms with Crippen LogP contribution in [0.3, 0.4) is 0 Å². The maximum absolute atomic E-state index is 12.7. The third kappa shape index (κ3) is 1.36. The molecule has 2 saturated heterocycles. The molecular weight excluding hydrogens is 368 g/mol. The summed E-state index contributed by atoms with van der Waals surface area (Å²) >= 11 is 0. The zero-order valence-electron chi connectivity index (χ0n) is 15.9. The first-order valence-electron chi connectivity index (χ1n) is 9.79. The molecule has 8 nitrogen and oxygen atoms in total. The second-order valence-corrected chi connectivity index (χ2v) is 9.70. The van der Waals surface area contributed by atoms with Gasteiger partial charge in [-0.1, -0.05) is 6.92 Å². The molecule has 6 aliphatic rings.